The zero-order valence-corrected chi connectivity index (χ0v) is 21.8. The first-order valence-corrected chi connectivity index (χ1v) is 13.6. The van der Waals surface area contributed by atoms with E-state index in [2.05, 4.69) is 20.8 Å². The molecule has 0 radical (unpaired) electrons. The summed E-state index contributed by atoms with van der Waals surface area (Å²) in [6.07, 6.45) is 1.13. The Morgan fingerprint density at radius 2 is 1.70 bits per heavy atom. The van der Waals surface area contributed by atoms with E-state index in [1.165, 1.54) is 0 Å². The van der Waals surface area contributed by atoms with Crippen molar-refractivity contribution in [2.75, 3.05) is 39.3 Å². The third kappa shape index (κ3) is 4.83. The second-order valence-electron chi connectivity index (χ2n) is 7.62. The maximum absolute atomic E-state index is 13.1. The van der Waals surface area contributed by atoms with Gasteiger partial charge in [0.2, 0.25) is 5.75 Å². The fourth-order valence-electron chi connectivity index (χ4n) is 3.96. The molecule has 4 rings (SSSR count). The van der Waals surface area contributed by atoms with Crippen LogP contribution in [0.1, 0.15) is 12.8 Å². The highest BCUT2D eigenvalue weighted by atomic mass is 79.9. The van der Waals surface area contributed by atoms with Crippen molar-refractivity contribution >= 4 is 42.2 Å². The van der Waals surface area contributed by atoms with Gasteiger partial charge in [-0.15, -0.1) is 11.3 Å². The monoisotopic (exact) mass is 552 g/mol. The molecule has 1 aromatic heterocycles. The van der Waals surface area contributed by atoms with E-state index in [9.17, 15) is 8.42 Å². The van der Waals surface area contributed by atoms with E-state index in [0.717, 1.165) is 20.9 Å². The minimum Gasteiger partial charge on any atom is -0.493 e. The van der Waals surface area contributed by atoms with Crippen molar-refractivity contribution in [1.29, 1.82) is 0 Å². The van der Waals surface area contributed by atoms with Crippen LogP contribution in [0.25, 0.3) is 11.3 Å². The van der Waals surface area contributed by atoms with E-state index in [-0.39, 0.29) is 0 Å². The van der Waals surface area contributed by atoms with Crippen LogP contribution in [0.3, 0.4) is 0 Å². The Labute approximate surface area is 206 Å². The molecule has 1 fully saturated rings. The Morgan fingerprint density at radius 3 is 2.27 bits per heavy atom. The number of halogens is 1. The molecule has 0 amide bonds. The SMILES string of the molecule is COc1cc(-c2csc(N3CCC(S(=O)(=O)c4cccc(Br)c4)CC3)n2)cc(OC)c1OC. The summed E-state index contributed by atoms with van der Waals surface area (Å²) in [6.45, 7) is 1.28. The maximum atomic E-state index is 13.1. The van der Waals surface area contributed by atoms with Crippen LogP contribution in [-0.4, -0.2) is 53.1 Å². The molecule has 3 aromatic rings. The van der Waals surface area contributed by atoms with Crippen LogP contribution in [0.15, 0.2) is 51.1 Å². The molecule has 2 aromatic carbocycles. The minimum atomic E-state index is -3.36. The van der Waals surface area contributed by atoms with Gasteiger partial charge in [0.05, 0.1) is 37.2 Å². The van der Waals surface area contributed by atoms with Gasteiger partial charge >= 0.3 is 0 Å². The lowest BCUT2D eigenvalue weighted by molar-refractivity contribution is 0.324. The molecule has 1 aliphatic rings. The second kappa shape index (κ2) is 9.90. The number of ether oxygens (including phenoxy) is 3. The zero-order chi connectivity index (χ0) is 23.6. The highest BCUT2D eigenvalue weighted by Crippen LogP contribution is 2.42. The number of hydrogen-bond donors (Lipinski definition) is 0. The lowest BCUT2D eigenvalue weighted by Gasteiger charge is -2.31. The van der Waals surface area contributed by atoms with Crippen LogP contribution in [0.5, 0.6) is 17.2 Å². The average Bonchev–Trinajstić information content (AvgIpc) is 3.33. The number of nitrogens with zero attached hydrogens (tertiary/aromatic N) is 2. The molecular formula is C23H25BrN2O5S2. The van der Waals surface area contributed by atoms with E-state index in [1.54, 1.807) is 50.9 Å². The van der Waals surface area contributed by atoms with Crippen molar-refractivity contribution in [3.8, 4) is 28.5 Å². The molecule has 1 saturated heterocycles. The van der Waals surface area contributed by atoms with Crippen molar-refractivity contribution in [3.63, 3.8) is 0 Å². The standard InChI is InChI=1S/C23H25BrN2O5S2/c1-29-20-11-15(12-21(30-2)22(20)31-3)19-14-32-23(25-19)26-9-7-17(8-10-26)33(27,28)18-6-4-5-16(24)13-18/h4-6,11-14,17H,7-10H2,1-3H3. The summed E-state index contributed by atoms with van der Waals surface area (Å²) in [7, 11) is 1.37. The highest BCUT2D eigenvalue weighted by molar-refractivity contribution is 9.10. The van der Waals surface area contributed by atoms with Crippen LogP contribution in [-0.2, 0) is 9.84 Å². The number of thiazole rings is 1. The normalized spacial score (nSPS) is 14.8. The van der Waals surface area contributed by atoms with Crippen molar-refractivity contribution in [1.82, 2.24) is 4.98 Å². The first-order valence-electron chi connectivity index (χ1n) is 10.4. The van der Waals surface area contributed by atoms with Crippen LogP contribution in [0.2, 0.25) is 0 Å². The summed E-state index contributed by atoms with van der Waals surface area (Å²) in [5, 5.41) is 2.47. The highest BCUT2D eigenvalue weighted by Gasteiger charge is 2.32. The smallest absolute Gasteiger partial charge is 0.203 e. The summed E-state index contributed by atoms with van der Waals surface area (Å²) < 4.78 is 43.2. The summed E-state index contributed by atoms with van der Waals surface area (Å²) in [5.74, 6) is 1.67. The van der Waals surface area contributed by atoms with E-state index in [0.29, 0.717) is 48.1 Å². The first kappa shape index (κ1) is 23.8. The third-order valence-electron chi connectivity index (χ3n) is 5.73. The first-order chi connectivity index (χ1) is 15.9. The maximum Gasteiger partial charge on any atom is 0.203 e. The van der Waals surface area contributed by atoms with E-state index >= 15 is 0 Å². The van der Waals surface area contributed by atoms with Gasteiger partial charge in [0, 0.05) is 28.5 Å². The van der Waals surface area contributed by atoms with Gasteiger partial charge in [0.1, 0.15) is 0 Å². The Kier molecular flexibility index (Phi) is 7.16. The number of sulfone groups is 1. The quantitative estimate of drug-likeness (QED) is 0.406. The van der Waals surface area contributed by atoms with E-state index < -0.39 is 15.1 Å². The van der Waals surface area contributed by atoms with Crippen LogP contribution >= 0.6 is 27.3 Å². The third-order valence-corrected chi connectivity index (χ3v) is 9.38. The van der Waals surface area contributed by atoms with Crippen molar-refractivity contribution in [2.45, 2.75) is 23.0 Å². The lowest BCUT2D eigenvalue weighted by Crippen LogP contribution is -2.39. The van der Waals surface area contributed by atoms with Crippen molar-refractivity contribution < 1.29 is 22.6 Å². The Bertz CT molecular complexity index is 1210. The topological polar surface area (TPSA) is 78.0 Å². The van der Waals surface area contributed by atoms with Gasteiger partial charge in [0.25, 0.3) is 0 Å². The molecule has 7 nitrogen and oxygen atoms in total. The zero-order valence-electron chi connectivity index (χ0n) is 18.6. The summed E-state index contributed by atoms with van der Waals surface area (Å²) >= 11 is 4.91. The average molecular weight is 554 g/mol. The fourth-order valence-corrected chi connectivity index (χ4v) is 7.18. The Hall–Kier alpha value is -2.30. The lowest BCUT2D eigenvalue weighted by atomic mass is 10.1. The number of hydrogen-bond acceptors (Lipinski definition) is 8. The fraction of sp³-hybridized carbons (Fsp3) is 0.348. The van der Waals surface area contributed by atoms with E-state index in [4.69, 9.17) is 19.2 Å². The second-order valence-corrected chi connectivity index (χ2v) is 11.6. The molecule has 0 aliphatic carbocycles. The van der Waals surface area contributed by atoms with Crippen LogP contribution in [0, 0.1) is 0 Å². The minimum absolute atomic E-state index is 0.370. The molecule has 0 saturated carbocycles. The summed E-state index contributed by atoms with van der Waals surface area (Å²) in [4.78, 5) is 7.33. The number of benzene rings is 2. The van der Waals surface area contributed by atoms with Crippen LogP contribution < -0.4 is 19.1 Å². The number of anilines is 1. The molecule has 0 bridgehead atoms. The number of methoxy groups -OCH3 is 3. The molecule has 0 spiro atoms. The molecule has 33 heavy (non-hydrogen) atoms. The van der Waals surface area contributed by atoms with Gasteiger partial charge in [-0.1, -0.05) is 22.0 Å². The number of aromatic nitrogens is 1. The van der Waals surface area contributed by atoms with Gasteiger partial charge in [-0.05, 0) is 43.2 Å². The molecule has 2 heterocycles. The summed E-state index contributed by atoms with van der Waals surface area (Å²) in [6, 6.07) is 10.7. The van der Waals surface area contributed by atoms with Crippen LogP contribution in [0.4, 0.5) is 5.13 Å². The van der Waals surface area contributed by atoms with Crippen molar-refractivity contribution in [3.05, 3.63) is 46.3 Å². The van der Waals surface area contributed by atoms with Gasteiger partial charge in [0.15, 0.2) is 26.5 Å². The Morgan fingerprint density at radius 1 is 1.03 bits per heavy atom. The molecule has 176 valence electrons. The van der Waals surface area contributed by atoms with Gasteiger partial charge in [-0.2, -0.15) is 0 Å². The molecular weight excluding hydrogens is 528 g/mol. The number of piperidine rings is 1. The molecule has 0 atom stereocenters. The molecule has 0 N–H and O–H groups in total. The number of rotatable bonds is 7. The Balaban J connectivity index is 1.50. The largest absolute Gasteiger partial charge is 0.493 e. The molecule has 10 heteroatoms. The van der Waals surface area contributed by atoms with Crippen molar-refractivity contribution in [2.24, 2.45) is 0 Å². The van der Waals surface area contributed by atoms with Gasteiger partial charge < -0.3 is 19.1 Å². The van der Waals surface area contributed by atoms with E-state index in [1.807, 2.05) is 23.6 Å². The molecule has 0 unspecified atom stereocenters. The predicted octanol–water partition coefficient (Wildman–Crippen LogP) is 5.04. The van der Waals surface area contributed by atoms with Gasteiger partial charge in [-0.25, -0.2) is 13.4 Å². The predicted molar refractivity (Wildman–Crippen MR) is 134 cm³/mol. The van der Waals surface area contributed by atoms with Gasteiger partial charge in [-0.3, -0.25) is 0 Å². The molecule has 1 aliphatic heterocycles. The summed E-state index contributed by atoms with van der Waals surface area (Å²) in [5.41, 5.74) is 1.66.